The van der Waals surface area contributed by atoms with Gasteiger partial charge in [-0.3, -0.25) is 4.79 Å². The summed E-state index contributed by atoms with van der Waals surface area (Å²) in [7, 11) is 0. The van der Waals surface area contributed by atoms with Gasteiger partial charge in [0.15, 0.2) is 10.4 Å². The largest absolute Gasteiger partial charge is 0.459 e. The topological polar surface area (TPSA) is 75.6 Å². The molecule has 2 heterocycles. The second-order valence-corrected chi connectivity index (χ2v) is 5.34. The summed E-state index contributed by atoms with van der Waals surface area (Å²) in [6, 6.07) is 14.0. The van der Waals surface area contributed by atoms with Gasteiger partial charge in [-0.15, -0.1) is 0 Å². The summed E-state index contributed by atoms with van der Waals surface area (Å²) < 4.78 is 11.2. The number of carbonyl (C=O) groups is 1. The van der Waals surface area contributed by atoms with E-state index < -0.39 is 0 Å². The average molecular weight is 362 g/mol. The maximum absolute atomic E-state index is 12.0. The maximum atomic E-state index is 12.0. The van der Waals surface area contributed by atoms with Gasteiger partial charge in [0, 0.05) is 11.3 Å². The molecule has 0 atom stereocenters. The van der Waals surface area contributed by atoms with Crippen LogP contribution in [0.4, 0.5) is 5.69 Å². The Morgan fingerprint density at radius 2 is 1.82 bits per heavy atom. The number of aliphatic hydroxyl groups excluding tert-OH is 1. The van der Waals surface area contributed by atoms with E-state index in [1.165, 1.54) is 0 Å². The molecule has 0 aliphatic rings. The first-order valence-electron chi connectivity index (χ1n) is 6.52. The van der Waals surface area contributed by atoms with E-state index in [4.69, 9.17) is 13.9 Å². The number of furan rings is 2. The van der Waals surface area contributed by atoms with Gasteiger partial charge in [-0.2, -0.15) is 0 Å². The van der Waals surface area contributed by atoms with Crippen LogP contribution in [0.5, 0.6) is 0 Å². The molecule has 0 radical (unpaired) electrons. The summed E-state index contributed by atoms with van der Waals surface area (Å²) in [6.45, 7) is -0.132. The molecule has 0 aliphatic heterocycles. The highest BCUT2D eigenvalue weighted by Crippen LogP contribution is 2.24. The van der Waals surface area contributed by atoms with Crippen LogP contribution in [0.1, 0.15) is 16.3 Å². The lowest BCUT2D eigenvalue weighted by molar-refractivity contribution is 0.0995. The summed E-state index contributed by atoms with van der Waals surface area (Å²) in [5, 5.41) is 11.7. The molecule has 0 unspecified atom stereocenters. The Kier molecular flexibility index (Phi) is 4.13. The Morgan fingerprint density at radius 3 is 2.41 bits per heavy atom. The van der Waals surface area contributed by atoms with Gasteiger partial charge in [0.1, 0.15) is 18.1 Å². The van der Waals surface area contributed by atoms with E-state index in [0.717, 1.165) is 5.56 Å². The van der Waals surface area contributed by atoms with Crippen LogP contribution in [0.25, 0.3) is 11.3 Å². The lowest BCUT2D eigenvalue weighted by Gasteiger charge is -2.04. The van der Waals surface area contributed by atoms with Crippen LogP contribution in [-0.2, 0) is 6.61 Å². The van der Waals surface area contributed by atoms with Gasteiger partial charge in [0.2, 0.25) is 0 Å². The minimum Gasteiger partial charge on any atom is -0.459 e. The zero-order valence-electron chi connectivity index (χ0n) is 11.4. The number of hydrogen-bond donors (Lipinski definition) is 2. The number of aliphatic hydroxyl groups is 1. The maximum Gasteiger partial charge on any atom is 0.291 e. The number of anilines is 1. The number of rotatable bonds is 4. The van der Waals surface area contributed by atoms with E-state index in [9.17, 15) is 4.79 Å². The molecule has 0 saturated heterocycles. The standard InChI is InChI=1S/C16H12BrNO4/c17-15-8-7-14(22-15)16(20)18-11-3-1-10(2-4-11)13-6-5-12(9-19)21-13/h1-8,19H,9H2,(H,18,20). The molecule has 0 fully saturated rings. The normalized spacial score (nSPS) is 10.6. The van der Waals surface area contributed by atoms with Crippen molar-refractivity contribution in [3.05, 3.63) is 64.7 Å². The van der Waals surface area contributed by atoms with Gasteiger partial charge in [0.25, 0.3) is 5.91 Å². The van der Waals surface area contributed by atoms with Crippen molar-refractivity contribution >= 4 is 27.5 Å². The lowest BCUT2D eigenvalue weighted by Crippen LogP contribution is -2.10. The molecular formula is C16H12BrNO4. The number of hydrogen-bond acceptors (Lipinski definition) is 4. The van der Waals surface area contributed by atoms with E-state index in [1.54, 1.807) is 36.4 Å². The Bertz CT molecular complexity index is 789. The van der Waals surface area contributed by atoms with Crippen molar-refractivity contribution in [3.63, 3.8) is 0 Å². The molecule has 112 valence electrons. The van der Waals surface area contributed by atoms with E-state index >= 15 is 0 Å². The molecule has 6 heteroatoms. The molecular weight excluding hydrogens is 350 g/mol. The first kappa shape index (κ1) is 14.6. The van der Waals surface area contributed by atoms with Crippen molar-refractivity contribution in [2.45, 2.75) is 6.61 Å². The van der Waals surface area contributed by atoms with Crippen LogP contribution in [0.2, 0.25) is 0 Å². The number of benzene rings is 1. The van der Waals surface area contributed by atoms with Gasteiger partial charge < -0.3 is 19.3 Å². The third kappa shape index (κ3) is 3.13. The molecule has 3 rings (SSSR count). The Hall–Kier alpha value is -2.31. The van der Waals surface area contributed by atoms with Crippen LogP contribution in [0.3, 0.4) is 0 Å². The smallest absolute Gasteiger partial charge is 0.291 e. The fourth-order valence-corrected chi connectivity index (χ4v) is 2.27. The number of carbonyl (C=O) groups excluding carboxylic acids is 1. The summed E-state index contributed by atoms with van der Waals surface area (Å²) in [6.07, 6.45) is 0. The number of nitrogens with one attached hydrogen (secondary N) is 1. The summed E-state index contributed by atoms with van der Waals surface area (Å²) in [5.41, 5.74) is 1.51. The van der Waals surface area contributed by atoms with E-state index in [0.29, 0.717) is 21.9 Å². The van der Waals surface area contributed by atoms with Crippen LogP contribution < -0.4 is 5.32 Å². The summed E-state index contributed by atoms with van der Waals surface area (Å²) in [4.78, 5) is 12.0. The van der Waals surface area contributed by atoms with Gasteiger partial charge >= 0.3 is 0 Å². The number of amides is 1. The van der Waals surface area contributed by atoms with Crippen LogP contribution in [0, 0.1) is 0 Å². The third-order valence-corrected chi connectivity index (χ3v) is 3.47. The van der Waals surface area contributed by atoms with Gasteiger partial charge in [-0.05, 0) is 64.5 Å². The number of halogens is 1. The highest BCUT2D eigenvalue weighted by atomic mass is 79.9. The van der Waals surface area contributed by atoms with Crippen LogP contribution >= 0.6 is 15.9 Å². The molecule has 0 bridgehead atoms. The van der Waals surface area contributed by atoms with E-state index in [-0.39, 0.29) is 18.3 Å². The Balaban J connectivity index is 1.72. The van der Waals surface area contributed by atoms with Gasteiger partial charge in [-0.1, -0.05) is 0 Å². The van der Waals surface area contributed by atoms with E-state index in [2.05, 4.69) is 21.2 Å². The molecule has 0 saturated carbocycles. The van der Waals surface area contributed by atoms with Crippen molar-refractivity contribution in [3.8, 4) is 11.3 Å². The summed E-state index contributed by atoms with van der Waals surface area (Å²) >= 11 is 3.15. The molecule has 2 N–H and O–H groups in total. The quantitative estimate of drug-likeness (QED) is 0.734. The highest BCUT2D eigenvalue weighted by molar-refractivity contribution is 9.10. The van der Waals surface area contributed by atoms with Crippen molar-refractivity contribution < 1.29 is 18.7 Å². The molecule has 2 aromatic heterocycles. The SMILES string of the molecule is O=C(Nc1ccc(-c2ccc(CO)o2)cc1)c1ccc(Br)o1. The zero-order valence-corrected chi connectivity index (χ0v) is 13.0. The zero-order chi connectivity index (χ0) is 15.5. The Labute approximate surface area is 134 Å². The molecule has 0 spiro atoms. The molecule has 1 aromatic carbocycles. The molecule has 5 nitrogen and oxygen atoms in total. The second-order valence-electron chi connectivity index (χ2n) is 4.56. The second kappa shape index (κ2) is 6.21. The molecule has 0 aliphatic carbocycles. The first-order chi connectivity index (χ1) is 10.7. The Morgan fingerprint density at radius 1 is 1.05 bits per heavy atom. The van der Waals surface area contributed by atoms with Crippen molar-refractivity contribution in [2.75, 3.05) is 5.32 Å². The van der Waals surface area contributed by atoms with Crippen LogP contribution in [0.15, 0.2) is 62.0 Å². The monoisotopic (exact) mass is 361 g/mol. The fourth-order valence-electron chi connectivity index (χ4n) is 1.96. The molecule has 1 amide bonds. The minimum atomic E-state index is -0.320. The average Bonchev–Trinajstić information content (AvgIpc) is 3.17. The van der Waals surface area contributed by atoms with Gasteiger partial charge in [-0.25, -0.2) is 0 Å². The lowest BCUT2D eigenvalue weighted by atomic mass is 10.1. The first-order valence-corrected chi connectivity index (χ1v) is 7.32. The minimum absolute atomic E-state index is 0.132. The highest BCUT2D eigenvalue weighted by Gasteiger charge is 2.11. The van der Waals surface area contributed by atoms with Crippen molar-refractivity contribution in [1.82, 2.24) is 0 Å². The van der Waals surface area contributed by atoms with E-state index in [1.807, 2.05) is 12.1 Å². The third-order valence-electron chi connectivity index (χ3n) is 3.04. The molecule has 3 aromatic rings. The van der Waals surface area contributed by atoms with Gasteiger partial charge in [0.05, 0.1) is 0 Å². The fraction of sp³-hybridized carbons (Fsp3) is 0.0625. The van der Waals surface area contributed by atoms with Crippen molar-refractivity contribution in [2.24, 2.45) is 0 Å². The van der Waals surface area contributed by atoms with Crippen LogP contribution in [-0.4, -0.2) is 11.0 Å². The molecule has 22 heavy (non-hydrogen) atoms. The predicted molar refractivity (Wildman–Crippen MR) is 84.4 cm³/mol. The predicted octanol–water partition coefficient (Wildman–Crippen LogP) is 4.05. The summed E-state index contributed by atoms with van der Waals surface area (Å²) in [5.74, 6) is 1.08. The van der Waals surface area contributed by atoms with Crippen molar-refractivity contribution in [1.29, 1.82) is 0 Å².